The molecule has 3 aromatic rings. The van der Waals surface area contributed by atoms with Crippen LogP contribution in [0.15, 0.2) is 66.7 Å². The van der Waals surface area contributed by atoms with Crippen molar-refractivity contribution < 1.29 is 14.3 Å². The van der Waals surface area contributed by atoms with E-state index in [1.807, 2.05) is 6.07 Å². The van der Waals surface area contributed by atoms with Crippen LogP contribution in [0.5, 0.6) is 5.75 Å². The fraction of sp³-hybridized carbons (Fsp3) is 0.406. The average molecular weight is 471 g/mol. The van der Waals surface area contributed by atoms with Crippen LogP contribution in [-0.4, -0.2) is 19.2 Å². The molecule has 0 amide bonds. The lowest BCUT2D eigenvalue weighted by molar-refractivity contribution is -0.145. The van der Waals surface area contributed by atoms with Gasteiger partial charge in [0.2, 0.25) is 0 Å². The third-order valence-electron chi connectivity index (χ3n) is 7.03. The molecule has 0 aliphatic heterocycles. The Morgan fingerprint density at radius 2 is 1.57 bits per heavy atom. The minimum absolute atomic E-state index is 0.0729. The molecule has 1 saturated carbocycles. The Hall–Kier alpha value is -3.07. The van der Waals surface area contributed by atoms with Gasteiger partial charge in [0.25, 0.3) is 0 Å². The lowest BCUT2D eigenvalue weighted by Crippen LogP contribution is -2.15. The standard InChI is InChI=1S/C32H38O3/c1-5-34-31(33)22-35-30-20-17-27(26-15-13-25(14-16-26)24-7-6-8-24)21-28(30)12-9-23-10-18-29(19-11-23)32(2,3)4/h10-11,13-21,24H,5-9,12,22H2,1-4H3. The van der Waals surface area contributed by atoms with E-state index in [4.69, 9.17) is 9.47 Å². The maximum Gasteiger partial charge on any atom is 0.344 e. The van der Waals surface area contributed by atoms with E-state index in [0.29, 0.717) is 6.61 Å². The van der Waals surface area contributed by atoms with Crippen LogP contribution in [0.4, 0.5) is 0 Å². The van der Waals surface area contributed by atoms with Gasteiger partial charge in [0.1, 0.15) is 5.75 Å². The third-order valence-corrected chi connectivity index (χ3v) is 7.03. The number of hydrogen-bond donors (Lipinski definition) is 0. The van der Waals surface area contributed by atoms with E-state index in [1.54, 1.807) is 6.92 Å². The summed E-state index contributed by atoms with van der Waals surface area (Å²) < 4.78 is 10.9. The second-order valence-electron chi connectivity index (χ2n) is 10.6. The molecule has 0 spiro atoms. The Morgan fingerprint density at radius 3 is 2.17 bits per heavy atom. The van der Waals surface area contributed by atoms with Crippen molar-refractivity contribution in [1.82, 2.24) is 0 Å². The number of rotatable bonds is 9. The normalized spacial score (nSPS) is 13.8. The van der Waals surface area contributed by atoms with E-state index >= 15 is 0 Å². The fourth-order valence-corrected chi connectivity index (χ4v) is 4.57. The van der Waals surface area contributed by atoms with Crippen molar-refractivity contribution >= 4 is 5.97 Å². The predicted molar refractivity (Wildman–Crippen MR) is 143 cm³/mol. The number of ether oxygens (including phenoxy) is 2. The van der Waals surface area contributed by atoms with Gasteiger partial charge in [0, 0.05) is 0 Å². The summed E-state index contributed by atoms with van der Waals surface area (Å²) in [6, 6.07) is 24.2. The van der Waals surface area contributed by atoms with Crippen LogP contribution in [0.1, 0.15) is 75.1 Å². The van der Waals surface area contributed by atoms with Gasteiger partial charge in [-0.05, 0) is 89.5 Å². The van der Waals surface area contributed by atoms with Gasteiger partial charge in [0.05, 0.1) is 6.61 Å². The van der Waals surface area contributed by atoms with E-state index < -0.39 is 0 Å². The summed E-state index contributed by atoms with van der Waals surface area (Å²) in [5.41, 5.74) is 7.72. The van der Waals surface area contributed by atoms with E-state index in [0.717, 1.165) is 30.1 Å². The fourth-order valence-electron chi connectivity index (χ4n) is 4.57. The smallest absolute Gasteiger partial charge is 0.344 e. The van der Waals surface area contributed by atoms with Crippen LogP contribution in [0, 0.1) is 0 Å². The number of aryl methyl sites for hydroxylation is 2. The molecule has 1 fully saturated rings. The van der Waals surface area contributed by atoms with E-state index in [1.165, 1.54) is 47.1 Å². The molecule has 3 aromatic carbocycles. The molecule has 0 atom stereocenters. The first-order chi connectivity index (χ1) is 16.8. The van der Waals surface area contributed by atoms with Crippen molar-refractivity contribution in [2.45, 2.75) is 71.1 Å². The number of carbonyl (C=O) groups excluding carboxylic acids is 1. The van der Waals surface area contributed by atoms with Crippen molar-refractivity contribution in [2.75, 3.05) is 13.2 Å². The van der Waals surface area contributed by atoms with Crippen molar-refractivity contribution in [3.63, 3.8) is 0 Å². The molecule has 3 heteroatoms. The van der Waals surface area contributed by atoms with Crippen LogP contribution in [0.3, 0.4) is 0 Å². The van der Waals surface area contributed by atoms with Gasteiger partial charge < -0.3 is 9.47 Å². The molecule has 0 heterocycles. The third kappa shape index (κ3) is 6.54. The first kappa shape index (κ1) is 25.0. The molecule has 1 aliphatic rings. The van der Waals surface area contributed by atoms with Crippen molar-refractivity contribution in [1.29, 1.82) is 0 Å². The molecule has 184 valence electrons. The van der Waals surface area contributed by atoms with Gasteiger partial charge in [0.15, 0.2) is 6.61 Å². The van der Waals surface area contributed by atoms with Gasteiger partial charge >= 0.3 is 5.97 Å². The predicted octanol–water partition coefficient (Wildman–Crippen LogP) is 7.65. The zero-order chi connectivity index (χ0) is 24.8. The largest absolute Gasteiger partial charge is 0.482 e. The second kappa shape index (κ2) is 11.1. The lowest BCUT2D eigenvalue weighted by Gasteiger charge is -2.25. The number of carbonyl (C=O) groups is 1. The van der Waals surface area contributed by atoms with Crippen molar-refractivity contribution in [3.8, 4) is 16.9 Å². The summed E-state index contributed by atoms with van der Waals surface area (Å²) in [4.78, 5) is 11.9. The van der Waals surface area contributed by atoms with Crippen LogP contribution in [0.2, 0.25) is 0 Å². The van der Waals surface area contributed by atoms with Crippen LogP contribution >= 0.6 is 0 Å². The molecule has 1 aliphatic carbocycles. The molecule has 0 unspecified atom stereocenters. The molecule has 0 saturated heterocycles. The summed E-state index contributed by atoms with van der Waals surface area (Å²) >= 11 is 0. The molecule has 0 radical (unpaired) electrons. The van der Waals surface area contributed by atoms with E-state index in [9.17, 15) is 4.79 Å². The molecule has 0 bridgehead atoms. The van der Waals surface area contributed by atoms with Crippen LogP contribution in [-0.2, 0) is 27.8 Å². The SMILES string of the molecule is CCOC(=O)COc1ccc(-c2ccc(C3CCC3)cc2)cc1CCc1ccc(C(C)(C)C)cc1. The highest BCUT2D eigenvalue weighted by molar-refractivity contribution is 5.71. The van der Waals surface area contributed by atoms with E-state index in [-0.39, 0.29) is 18.0 Å². The Balaban J connectivity index is 1.53. The number of benzene rings is 3. The van der Waals surface area contributed by atoms with Gasteiger partial charge in [-0.1, -0.05) is 81.8 Å². The molecule has 0 N–H and O–H groups in total. The van der Waals surface area contributed by atoms with Crippen LogP contribution < -0.4 is 4.74 Å². The Morgan fingerprint density at radius 1 is 0.886 bits per heavy atom. The molecule has 4 rings (SSSR count). The van der Waals surface area contributed by atoms with E-state index in [2.05, 4.69) is 81.4 Å². The minimum Gasteiger partial charge on any atom is -0.482 e. The molecular weight excluding hydrogens is 432 g/mol. The monoisotopic (exact) mass is 470 g/mol. The first-order valence-electron chi connectivity index (χ1n) is 12.9. The minimum atomic E-state index is -0.341. The summed E-state index contributed by atoms with van der Waals surface area (Å²) in [5, 5.41) is 0. The summed E-state index contributed by atoms with van der Waals surface area (Å²) in [7, 11) is 0. The molecule has 0 aromatic heterocycles. The highest BCUT2D eigenvalue weighted by Gasteiger charge is 2.19. The number of esters is 1. The second-order valence-corrected chi connectivity index (χ2v) is 10.6. The highest BCUT2D eigenvalue weighted by atomic mass is 16.6. The first-order valence-corrected chi connectivity index (χ1v) is 12.9. The summed E-state index contributed by atoms with van der Waals surface area (Å²) in [6.45, 7) is 8.80. The number of hydrogen-bond acceptors (Lipinski definition) is 3. The molecule has 3 nitrogen and oxygen atoms in total. The quantitative estimate of drug-likeness (QED) is 0.301. The Bertz CT molecular complexity index is 1120. The lowest BCUT2D eigenvalue weighted by atomic mass is 9.80. The maximum atomic E-state index is 11.9. The zero-order valence-electron chi connectivity index (χ0n) is 21.6. The Kier molecular flexibility index (Phi) is 7.95. The van der Waals surface area contributed by atoms with Gasteiger partial charge in [-0.25, -0.2) is 4.79 Å². The molecule has 35 heavy (non-hydrogen) atoms. The highest BCUT2D eigenvalue weighted by Crippen LogP contribution is 2.37. The van der Waals surface area contributed by atoms with Gasteiger partial charge in [-0.15, -0.1) is 0 Å². The Labute approximate surface area is 210 Å². The zero-order valence-corrected chi connectivity index (χ0v) is 21.6. The van der Waals surface area contributed by atoms with Gasteiger partial charge in [-0.3, -0.25) is 0 Å². The van der Waals surface area contributed by atoms with Crippen molar-refractivity contribution in [2.24, 2.45) is 0 Å². The topological polar surface area (TPSA) is 35.5 Å². The molecular formula is C32H38O3. The van der Waals surface area contributed by atoms with Crippen molar-refractivity contribution in [3.05, 3.63) is 89.0 Å². The van der Waals surface area contributed by atoms with Gasteiger partial charge in [-0.2, -0.15) is 0 Å². The maximum absolute atomic E-state index is 11.9. The van der Waals surface area contributed by atoms with Crippen LogP contribution in [0.25, 0.3) is 11.1 Å². The summed E-state index contributed by atoms with van der Waals surface area (Å²) in [5.74, 6) is 1.15. The average Bonchev–Trinajstić information content (AvgIpc) is 2.81. The summed E-state index contributed by atoms with van der Waals surface area (Å²) in [6.07, 6.45) is 5.71.